The third-order valence-corrected chi connectivity index (χ3v) is 4.53. The summed E-state index contributed by atoms with van der Waals surface area (Å²) in [6.07, 6.45) is 0.641. The van der Waals surface area contributed by atoms with E-state index >= 15 is 0 Å². The molecule has 0 fully saturated rings. The fraction of sp³-hybridized carbons (Fsp3) is 0.214. The summed E-state index contributed by atoms with van der Waals surface area (Å²) in [6.45, 7) is 1.94. The Bertz CT molecular complexity index is 751. The zero-order chi connectivity index (χ0) is 14.8. The summed E-state index contributed by atoms with van der Waals surface area (Å²) in [6, 6.07) is 8.08. The normalized spacial score (nSPS) is 10.8. The number of aromatic nitrogens is 3. The number of nitrogens with zero attached hydrogens (tertiary/aromatic N) is 3. The van der Waals surface area contributed by atoms with Crippen molar-refractivity contribution in [2.75, 3.05) is 12.4 Å². The summed E-state index contributed by atoms with van der Waals surface area (Å²) >= 11 is 4.81. The molecule has 0 unspecified atom stereocenters. The van der Waals surface area contributed by atoms with Crippen molar-refractivity contribution < 1.29 is 4.52 Å². The van der Waals surface area contributed by atoms with Gasteiger partial charge in [-0.1, -0.05) is 33.2 Å². The van der Waals surface area contributed by atoms with E-state index in [2.05, 4.69) is 35.8 Å². The highest BCUT2D eigenvalue weighted by molar-refractivity contribution is 9.10. The highest BCUT2D eigenvalue weighted by Crippen LogP contribution is 2.33. The van der Waals surface area contributed by atoms with Crippen LogP contribution in [0.25, 0.3) is 11.5 Å². The van der Waals surface area contributed by atoms with Gasteiger partial charge >= 0.3 is 0 Å². The Hall–Kier alpha value is -1.73. The SMILES string of the molecule is CNc1snc(C)c1-c1nc(Cc2ccc(Br)cc2)no1. The topological polar surface area (TPSA) is 63.8 Å². The van der Waals surface area contributed by atoms with Crippen molar-refractivity contribution in [3.63, 3.8) is 0 Å². The maximum Gasteiger partial charge on any atom is 0.262 e. The summed E-state index contributed by atoms with van der Waals surface area (Å²) in [5.41, 5.74) is 2.92. The van der Waals surface area contributed by atoms with Gasteiger partial charge in [-0.3, -0.25) is 0 Å². The fourth-order valence-corrected chi connectivity index (χ4v) is 3.01. The van der Waals surface area contributed by atoms with E-state index in [4.69, 9.17) is 4.52 Å². The molecule has 0 spiro atoms. The molecule has 0 bridgehead atoms. The zero-order valence-electron chi connectivity index (χ0n) is 11.6. The Balaban J connectivity index is 1.86. The second kappa shape index (κ2) is 5.95. The number of hydrogen-bond donors (Lipinski definition) is 1. The van der Waals surface area contributed by atoms with Crippen LogP contribution in [0.3, 0.4) is 0 Å². The van der Waals surface area contributed by atoms with Gasteiger partial charge in [0.15, 0.2) is 5.82 Å². The minimum Gasteiger partial charge on any atom is -0.378 e. The molecular weight excluding hydrogens is 352 g/mol. The van der Waals surface area contributed by atoms with Gasteiger partial charge in [-0.2, -0.15) is 9.36 Å². The Morgan fingerprint density at radius 1 is 1.29 bits per heavy atom. The molecule has 0 aliphatic heterocycles. The number of nitrogens with one attached hydrogen (secondary N) is 1. The van der Waals surface area contributed by atoms with Gasteiger partial charge in [0.2, 0.25) is 0 Å². The fourth-order valence-electron chi connectivity index (χ4n) is 2.00. The minimum absolute atomic E-state index is 0.512. The minimum atomic E-state index is 0.512. The van der Waals surface area contributed by atoms with Crippen molar-refractivity contribution in [1.29, 1.82) is 0 Å². The van der Waals surface area contributed by atoms with Crippen LogP contribution in [0.15, 0.2) is 33.3 Å². The van der Waals surface area contributed by atoms with Gasteiger partial charge < -0.3 is 9.84 Å². The number of rotatable bonds is 4. The van der Waals surface area contributed by atoms with E-state index in [1.54, 1.807) is 0 Å². The first-order chi connectivity index (χ1) is 10.2. The molecule has 0 radical (unpaired) electrons. The first-order valence-electron chi connectivity index (χ1n) is 6.39. The van der Waals surface area contributed by atoms with Crippen LogP contribution < -0.4 is 5.32 Å². The Kier molecular flexibility index (Phi) is 4.03. The van der Waals surface area contributed by atoms with Gasteiger partial charge in [0.25, 0.3) is 5.89 Å². The standard InChI is InChI=1S/C14H13BrN4OS/c1-8-12(14(16-2)21-19-8)13-17-11(18-20-13)7-9-3-5-10(15)6-4-9/h3-6,16H,7H2,1-2H3. The molecule has 1 aromatic carbocycles. The second-order valence-electron chi connectivity index (χ2n) is 4.54. The highest BCUT2D eigenvalue weighted by Gasteiger charge is 2.18. The van der Waals surface area contributed by atoms with E-state index in [-0.39, 0.29) is 0 Å². The van der Waals surface area contributed by atoms with E-state index in [9.17, 15) is 0 Å². The quantitative estimate of drug-likeness (QED) is 0.760. The average molecular weight is 365 g/mol. The maximum atomic E-state index is 5.38. The highest BCUT2D eigenvalue weighted by atomic mass is 79.9. The van der Waals surface area contributed by atoms with Gasteiger partial charge in [0.1, 0.15) is 5.00 Å². The van der Waals surface area contributed by atoms with Gasteiger partial charge in [0.05, 0.1) is 11.3 Å². The molecule has 0 aliphatic rings. The van der Waals surface area contributed by atoms with Crippen LogP contribution in [-0.2, 0) is 6.42 Å². The molecule has 2 aromatic heterocycles. The smallest absolute Gasteiger partial charge is 0.262 e. The molecule has 1 N–H and O–H groups in total. The third kappa shape index (κ3) is 2.98. The van der Waals surface area contributed by atoms with E-state index in [1.807, 2.05) is 38.2 Å². The lowest BCUT2D eigenvalue weighted by molar-refractivity contribution is 0.424. The van der Waals surface area contributed by atoms with Crippen molar-refractivity contribution in [3.8, 4) is 11.5 Å². The number of halogens is 1. The lowest BCUT2D eigenvalue weighted by atomic mass is 10.1. The maximum absolute atomic E-state index is 5.38. The molecule has 5 nitrogen and oxygen atoms in total. The van der Waals surface area contributed by atoms with Gasteiger partial charge in [-0.15, -0.1) is 0 Å². The molecule has 0 saturated heterocycles. The molecule has 108 valence electrons. The van der Waals surface area contributed by atoms with Crippen LogP contribution in [0.4, 0.5) is 5.00 Å². The van der Waals surface area contributed by atoms with E-state index < -0.39 is 0 Å². The monoisotopic (exact) mass is 364 g/mol. The summed E-state index contributed by atoms with van der Waals surface area (Å²) in [4.78, 5) is 4.48. The Morgan fingerprint density at radius 2 is 2.05 bits per heavy atom. The number of aryl methyl sites for hydroxylation is 1. The molecule has 21 heavy (non-hydrogen) atoms. The van der Waals surface area contributed by atoms with Crippen LogP contribution in [0, 0.1) is 6.92 Å². The van der Waals surface area contributed by atoms with Crippen molar-refractivity contribution in [2.45, 2.75) is 13.3 Å². The number of anilines is 1. The Morgan fingerprint density at radius 3 is 2.76 bits per heavy atom. The summed E-state index contributed by atoms with van der Waals surface area (Å²) in [5, 5.41) is 8.10. The molecule has 0 aliphatic carbocycles. The molecule has 7 heteroatoms. The van der Waals surface area contributed by atoms with Crippen LogP contribution >= 0.6 is 27.5 Å². The van der Waals surface area contributed by atoms with Gasteiger partial charge in [0, 0.05) is 17.9 Å². The molecular formula is C14H13BrN4OS. The molecule has 0 amide bonds. The summed E-state index contributed by atoms with van der Waals surface area (Å²) < 4.78 is 10.8. The lowest BCUT2D eigenvalue weighted by Gasteiger charge is -1.97. The second-order valence-corrected chi connectivity index (χ2v) is 6.23. The predicted octanol–water partition coefficient (Wildman–Crippen LogP) is 3.90. The summed E-state index contributed by atoms with van der Waals surface area (Å²) in [5.74, 6) is 1.18. The van der Waals surface area contributed by atoms with E-state index in [0.29, 0.717) is 18.1 Å². The molecule has 3 aromatic rings. The molecule has 3 rings (SSSR count). The van der Waals surface area contributed by atoms with Gasteiger partial charge in [-0.05, 0) is 36.2 Å². The lowest BCUT2D eigenvalue weighted by Crippen LogP contribution is -1.91. The van der Waals surface area contributed by atoms with Crippen molar-refractivity contribution in [3.05, 3.63) is 45.8 Å². The largest absolute Gasteiger partial charge is 0.378 e. The van der Waals surface area contributed by atoms with E-state index in [1.165, 1.54) is 11.5 Å². The van der Waals surface area contributed by atoms with Crippen molar-refractivity contribution in [2.24, 2.45) is 0 Å². The summed E-state index contributed by atoms with van der Waals surface area (Å²) in [7, 11) is 1.86. The number of benzene rings is 1. The van der Waals surface area contributed by atoms with Crippen LogP contribution in [-0.4, -0.2) is 21.6 Å². The van der Waals surface area contributed by atoms with Crippen LogP contribution in [0.2, 0.25) is 0 Å². The molecule has 0 atom stereocenters. The number of hydrogen-bond acceptors (Lipinski definition) is 6. The first-order valence-corrected chi connectivity index (χ1v) is 7.95. The predicted molar refractivity (Wildman–Crippen MR) is 86.6 cm³/mol. The first kappa shape index (κ1) is 14.2. The van der Waals surface area contributed by atoms with E-state index in [0.717, 1.165) is 26.3 Å². The molecule has 2 heterocycles. The van der Waals surface area contributed by atoms with Crippen LogP contribution in [0.5, 0.6) is 0 Å². The third-order valence-electron chi connectivity index (χ3n) is 3.05. The molecule has 0 saturated carbocycles. The average Bonchev–Trinajstić information content (AvgIpc) is 3.07. The van der Waals surface area contributed by atoms with Crippen molar-refractivity contribution >= 4 is 32.5 Å². The van der Waals surface area contributed by atoms with Crippen molar-refractivity contribution in [1.82, 2.24) is 14.5 Å². The van der Waals surface area contributed by atoms with Gasteiger partial charge in [-0.25, -0.2) is 0 Å². The van der Waals surface area contributed by atoms with Crippen LogP contribution in [0.1, 0.15) is 17.1 Å². The Labute approximate surface area is 134 Å². The zero-order valence-corrected chi connectivity index (χ0v) is 14.0.